The standard InChI is InChI=1S/C18H15NO/c20-18(19-13-7-8-14-19)17(15-9-3-1-4-10-15)16-11-5-2-6-12-16/h1-14,17H. The zero-order chi connectivity index (χ0) is 13.8. The molecule has 0 radical (unpaired) electrons. The molecule has 0 aliphatic carbocycles. The van der Waals surface area contributed by atoms with Gasteiger partial charge in [0, 0.05) is 12.4 Å². The molecule has 1 aromatic heterocycles. The minimum absolute atomic E-state index is 0.0624. The third-order valence-electron chi connectivity index (χ3n) is 3.37. The van der Waals surface area contributed by atoms with Gasteiger partial charge in [-0.3, -0.25) is 9.36 Å². The van der Waals surface area contributed by atoms with Gasteiger partial charge < -0.3 is 0 Å². The third kappa shape index (κ3) is 2.41. The van der Waals surface area contributed by atoms with E-state index in [1.807, 2.05) is 72.8 Å². The highest BCUT2D eigenvalue weighted by Crippen LogP contribution is 2.26. The number of hydrogen-bond donors (Lipinski definition) is 0. The van der Waals surface area contributed by atoms with E-state index in [9.17, 15) is 4.79 Å². The lowest BCUT2D eigenvalue weighted by atomic mass is 9.90. The second-order valence-corrected chi connectivity index (χ2v) is 4.68. The summed E-state index contributed by atoms with van der Waals surface area (Å²) in [5.41, 5.74) is 2.02. The molecular formula is C18H15NO. The van der Waals surface area contributed by atoms with Crippen molar-refractivity contribution in [3.8, 4) is 0 Å². The maximum atomic E-state index is 12.8. The van der Waals surface area contributed by atoms with Crippen molar-refractivity contribution in [1.29, 1.82) is 0 Å². The predicted molar refractivity (Wildman–Crippen MR) is 79.8 cm³/mol. The number of carbonyl (C=O) groups excluding carboxylic acids is 1. The molecular weight excluding hydrogens is 246 g/mol. The maximum Gasteiger partial charge on any atom is 0.242 e. The molecule has 0 fully saturated rings. The van der Waals surface area contributed by atoms with Crippen LogP contribution in [0.1, 0.15) is 21.8 Å². The number of carbonyl (C=O) groups is 1. The first-order valence-corrected chi connectivity index (χ1v) is 6.63. The Labute approximate surface area is 118 Å². The Morgan fingerprint density at radius 1 is 0.700 bits per heavy atom. The molecule has 1 heterocycles. The summed E-state index contributed by atoms with van der Waals surface area (Å²) >= 11 is 0. The van der Waals surface area contributed by atoms with Gasteiger partial charge in [-0.1, -0.05) is 60.7 Å². The minimum Gasteiger partial charge on any atom is -0.294 e. The highest BCUT2D eigenvalue weighted by molar-refractivity contribution is 5.89. The van der Waals surface area contributed by atoms with Crippen LogP contribution >= 0.6 is 0 Å². The van der Waals surface area contributed by atoms with E-state index in [2.05, 4.69) is 0 Å². The Hall–Kier alpha value is -2.61. The second kappa shape index (κ2) is 5.57. The first-order chi connectivity index (χ1) is 9.86. The van der Waals surface area contributed by atoms with Crippen molar-refractivity contribution in [2.45, 2.75) is 5.92 Å². The van der Waals surface area contributed by atoms with E-state index in [0.29, 0.717) is 0 Å². The van der Waals surface area contributed by atoms with Crippen molar-refractivity contribution in [3.63, 3.8) is 0 Å². The van der Waals surface area contributed by atoms with Crippen LogP contribution in [0.15, 0.2) is 85.2 Å². The van der Waals surface area contributed by atoms with Crippen LogP contribution in [0.3, 0.4) is 0 Å². The maximum absolute atomic E-state index is 12.8. The topological polar surface area (TPSA) is 22.0 Å². The molecule has 0 aliphatic heterocycles. The average Bonchev–Trinajstić information content (AvgIpc) is 3.04. The Balaban J connectivity index is 2.07. The van der Waals surface area contributed by atoms with E-state index < -0.39 is 0 Å². The number of aromatic nitrogens is 1. The molecule has 2 heteroatoms. The Kier molecular flexibility index (Phi) is 3.46. The van der Waals surface area contributed by atoms with E-state index in [1.165, 1.54) is 0 Å². The molecule has 98 valence electrons. The van der Waals surface area contributed by atoms with Gasteiger partial charge >= 0.3 is 0 Å². The van der Waals surface area contributed by atoms with Gasteiger partial charge in [-0.25, -0.2) is 0 Å². The normalized spacial score (nSPS) is 10.7. The summed E-state index contributed by atoms with van der Waals surface area (Å²) in [5.74, 6) is -0.211. The van der Waals surface area contributed by atoms with E-state index in [4.69, 9.17) is 0 Å². The van der Waals surface area contributed by atoms with Crippen molar-refractivity contribution < 1.29 is 4.79 Å². The lowest BCUT2D eigenvalue weighted by Crippen LogP contribution is -2.19. The lowest BCUT2D eigenvalue weighted by Gasteiger charge is -2.17. The van der Waals surface area contributed by atoms with Crippen LogP contribution in [-0.2, 0) is 0 Å². The van der Waals surface area contributed by atoms with Gasteiger partial charge in [-0.15, -0.1) is 0 Å². The van der Waals surface area contributed by atoms with Crippen molar-refractivity contribution in [3.05, 3.63) is 96.3 Å². The van der Waals surface area contributed by atoms with Crippen LogP contribution in [0.4, 0.5) is 0 Å². The highest BCUT2D eigenvalue weighted by Gasteiger charge is 2.23. The van der Waals surface area contributed by atoms with Crippen molar-refractivity contribution >= 4 is 5.91 Å². The molecule has 0 atom stereocenters. The van der Waals surface area contributed by atoms with Gasteiger partial charge in [-0.2, -0.15) is 0 Å². The average molecular weight is 261 g/mol. The fourth-order valence-corrected chi connectivity index (χ4v) is 2.40. The molecule has 2 nitrogen and oxygen atoms in total. The van der Waals surface area contributed by atoms with Gasteiger partial charge in [0.15, 0.2) is 0 Å². The summed E-state index contributed by atoms with van der Waals surface area (Å²) in [6, 6.07) is 23.5. The summed E-state index contributed by atoms with van der Waals surface area (Å²) in [6.07, 6.45) is 3.59. The summed E-state index contributed by atoms with van der Waals surface area (Å²) in [7, 11) is 0. The van der Waals surface area contributed by atoms with Crippen LogP contribution in [-0.4, -0.2) is 10.5 Å². The summed E-state index contributed by atoms with van der Waals surface area (Å²) in [4.78, 5) is 12.8. The fourth-order valence-electron chi connectivity index (χ4n) is 2.40. The molecule has 3 rings (SSSR count). The van der Waals surface area contributed by atoms with E-state index in [0.717, 1.165) is 11.1 Å². The second-order valence-electron chi connectivity index (χ2n) is 4.68. The van der Waals surface area contributed by atoms with Gasteiger partial charge in [0.25, 0.3) is 0 Å². The van der Waals surface area contributed by atoms with Gasteiger partial charge in [0.2, 0.25) is 5.91 Å². The SMILES string of the molecule is O=C(C(c1ccccc1)c1ccccc1)n1cccc1. The molecule has 0 aliphatic rings. The minimum atomic E-state index is -0.273. The molecule has 0 N–H and O–H groups in total. The molecule has 0 spiro atoms. The molecule has 0 unspecified atom stereocenters. The molecule has 0 saturated heterocycles. The highest BCUT2D eigenvalue weighted by atomic mass is 16.2. The van der Waals surface area contributed by atoms with Gasteiger partial charge in [0.1, 0.15) is 0 Å². The number of nitrogens with zero attached hydrogens (tertiary/aromatic N) is 1. The largest absolute Gasteiger partial charge is 0.294 e. The van der Waals surface area contributed by atoms with Crippen LogP contribution in [0, 0.1) is 0 Å². The zero-order valence-electron chi connectivity index (χ0n) is 11.0. The van der Waals surface area contributed by atoms with E-state index in [-0.39, 0.29) is 11.8 Å². The fraction of sp³-hybridized carbons (Fsp3) is 0.0556. The lowest BCUT2D eigenvalue weighted by molar-refractivity contribution is 0.0893. The quantitative estimate of drug-likeness (QED) is 0.699. The summed E-state index contributed by atoms with van der Waals surface area (Å²) in [6.45, 7) is 0. The van der Waals surface area contributed by atoms with E-state index in [1.54, 1.807) is 17.0 Å². The van der Waals surface area contributed by atoms with Gasteiger partial charge in [0.05, 0.1) is 5.92 Å². The molecule has 2 aromatic carbocycles. The molecule has 0 saturated carbocycles. The Morgan fingerprint density at radius 2 is 1.15 bits per heavy atom. The molecule has 3 aromatic rings. The van der Waals surface area contributed by atoms with Crippen molar-refractivity contribution in [2.75, 3.05) is 0 Å². The third-order valence-corrected chi connectivity index (χ3v) is 3.37. The summed E-state index contributed by atoms with van der Waals surface area (Å²) in [5, 5.41) is 0. The van der Waals surface area contributed by atoms with Crippen LogP contribution in [0.5, 0.6) is 0 Å². The predicted octanol–water partition coefficient (Wildman–Crippen LogP) is 3.96. The number of rotatable bonds is 3. The molecule has 0 bridgehead atoms. The van der Waals surface area contributed by atoms with Crippen molar-refractivity contribution in [2.24, 2.45) is 0 Å². The number of hydrogen-bond acceptors (Lipinski definition) is 1. The smallest absolute Gasteiger partial charge is 0.242 e. The Morgan fingerprint density at radius 3 is 1.60 bits per heavy atom. The molecule has 20 heavy (non-hydrogen) atoms. The van der Waals surface area contributed by atoms with Crippen LogP contribution in [0.2, 0.25) is 0 Å². The monoisotopic (exact) mass is 261 g/mol. The first-order valence-electron chi connectivity index (χ1n) is 6.63. The Bertz CT molecular complexity index is 632. The van der Waals surface area contributed by atoms with Gasteiger partial charge in [-0.05, 0) is 23.3 Å². The van der Waals surface area contributed by atoms with Crippen molar-refractivity contribution in [1.82, 2.24) is 4.57 Å². The number of benzene rings is 2. The summed E-state index contributed by atoms with van der Waals surface area (Å²) < 4.78 is 1.64. The van der Waals surface area contributed by atoms with Crippen LogP contribution in [0.25, 0.3) is 0 Å². The molecule has 0 amide bonds. The zero-order valence-corrected chi connectivity index (χ0v) is 11.0. The van der Waals surface area contributed by atoms with E-state index >= 15 is 0 Å². The first kappa shape index (κ1) is 12.4. The van der Waals surface area contributed by atoms with Crippen LogP contribution < -0.4 is 0 Å².